The quantitative estimate of drug-likeness (QED) is 0.252. The molecule has 0 radical (unpaired) electrons. The topological polar surface area (TPSA) is 75.2 Å². The number of nitrogens with one attached hydrogen (secondary N) is 2. The van der Waals surface area contributed by atoms with Crippen LogP contribution >= 0.6 is 24.0 Å². The zero-order valence-electron chi connectivity index (χ0n) is 17.1. The number of carbonyl (C=O) groups is 1. The van der Waals surface area contributed by atoms with Gasteiger partial charge in [0.1, 0.15) is 5.60 Å². The van der Waals surface area contributed by atoms with Gasteiger partial charge < -0.3 is 25.0 Å². The Morgan fingerprint density at radius 2 is 2.04 bits per heavy atom. The summed E-state index contributed by atoms with van der Waals surface area (Å²) in [6.45, 7) is 15.6. The van der Waals surface area contributed by atoms with Gasteiger partial charge in [0.15, 0.2) is 5.96 Å². The Balaban J connectivity index is 0.00000625. The van der Waals surface area contributed by atoms with Crippen LogP contribution in [0.2, 0.25) is 0 Å². The van der Waals surface area contributed by atoms with Crippen molar-refractivity contribution in [2.75, 3.05) is 32.8 Å². The summed E-state index contributed by atoms with van der Waals surface area (Å²) in [6.07, 6.45) is 1.70. The molecule has 2 N–H and O–H groups in total. The molecule has 1 aliphatic rings. The summed E-state index contributed by atoms with van der Waals surface area (Å²) in [5.74, 6) is 0.903. The highest BCUT2D eigenvalue weighted by molar-refractivity contribution is 14.0. The highest BCUT2D eigenvalue weighted by Gasteiger charge is 2.27. The van der Waals surface area contributed by atoms with Gasteiger partial charge in [0.25, 0.3) is 0 Å². The van der Waals surface area contributed by atoms with Gasteiger partial charge in [0.2, 0.25) is 0 Å². The Morgan fingerprint density at radius 3 is 2.62 bits per heavy atom. The summed E-state index contributed by atoms with van der Waals surface area (Å²) < 4.78 is 10.9. The molecule has 154 valence electrons. The second-order valence-corrected chi connectivity index (χ2v) is 7.59. The Hall–Kier alpha value is -0.770. The maximum absolute atomic E-state index is 11.9. The zero-order chi connectivity index (χ0) is 18.9. The van der Waals surface area contributed by atoms with E-state index in [4.69, 9.17) is 9.47 Å². The summed E-state index contributed by atoms with van der Waals surface area (Å²) in [7, 11) is 0. The SMILES string of the molecule is CCNC(=NCCCOC(C)C)N1CCC(NC(=O)OC(C)(C)C)C1.I. The van der Waals surface area contributed by atoms with Crippen LogP contribution in [0.5, 0.6) is 0 Å². The molecule has 7 nitrogen and oxygen atoms in total. The minimum Gasteiger partial charge on any atom is -0.444 e. The van der Waals surface area contributed by atoms with Crippen LogP contribution in [0.4, 0.5) is 4.79 Å². The lowest BCUT2D eigenvalue weighted by atomic mass is 10.2. The normalized spacial score (nSPS) is 17.9. The lowest BCUT2D eigenvalue weighted by molar-refractivity contribution is 0.0507. The molecule has 0 aliphatic carbocycles. The van der Waals surface area contributed by atoms with Gasteiger partial charge >= 0.3 is 6.09 Å². The predicted molar refractivity (Wildman–Crippen MR) is 116 cm³/mol. The predicted octanol–water partition coefficient (Wildman–Crippen LogP) is 2.98. The Labute approximate surface area is 175 Å². The monoisotopic (exact) mass is 484 g/mol. The van der Waals surface area contributed by atoms with Gasteiger partial charge in [-0.2, -0.15) is 0 Å². The number of likely N-dealkylation sites (tertiary alicyclic amines) is 1. The number of amides is 1. The molecule has 1 saturated heterocycles. The fourth-order valence-corrected chi connectivity index (χ4v) is 2.54. The third kappa shape index (κ3) is 11.1. The summed E-state index contributed by atoms with van der Waals surface area (Å²) in [5, 5.41) is 6.27. The Morgan fingerprint density at radius 1 is 1.35 bits per heavy atom. The standard InChI is InChI=1S/C18H36N4O3.HI/c1-7-19-16(20-10-8-12-24-14(2)3)22-11-9-15(13-22)21-17(23)25-18(4,5)6;/h14-15H,7-13H2,1-6H3,(H,19,20)(H,21,23);1H. The van der Waals surface area contributed by atoms with Crippen molar-refractivity contribution in [3.63, 3.8) is 0 Å². The average Bonchev–Trinajstić information content (AvgIpc) is 2.91. The first-order valence-corrected chi connectivity index (χ1v) is 9.35. The molecular weight excluding hydrogens is 447 g/mol. The average molecular weight is 484 g/mol. The molecule has 8 heteroatoms. The van der Waals surface area contributed by atoms with Crippen molar-refractivity contribution < 1.29 is 14.3 Å². The van der Waals surface area contributed by atoms with Crippen molar-refractivity contribution >= 4 is 36.0 Å². The first kappa shape index (κ1) is 25.2. The van der Waals surface area contributed by atoms with Crippen LogP contribution in [0, 0.1) is 0 Å². The second kappa shape index (κ2) is 12.6. The molecule has 0 aromatic heterocycles. The van der Waals surface area contributed by atoms with Crippen LogP contribution in [0.3, 0.4) is 0 Å². The maximum atomic E-state index is 11.9. The molecule has 0 bridgehead atoms. The van der Waals surface area contributed by atoms with Crippen molar-refractivity contribution in [3.8, 4) is 0 Å². The van der Waals surface area contributed by atoms with E-state index in [9.17, 15) is 4.79 Å². The fraction of sp³-hybridized carbons (Fsp3) is 0.889. The summed E-state index contributed by atoms with van der Waals surface area (Å²) in [5.41, 5.74) is -0.475. The summed E-state index contributed by atoms with van der Waals surface area (Å²) in [6, 6.07) is 0.0861. The van der Waals surface area contributed by atoms with E-state index in [1.165, 1.54) is 0 Å². The van der Waals surface area contributed by atoms with Crippen LogP contribution in [-0.2, 0) is 9.47 Å². The van der Waals surface area contributed by atoms with E-state index < -0.39 is 5.60 Å². The van der Waals surface area contributed by atoms with E-state index in [1.54, 1.807) is 0 Å². The van der Waals surface area contributed by atoms with Gasteiger partial charge in [0.05, 0.1) is 12.1 Å². The first-order chi connectivity index (χ1) is 11.7. The van der Waals surface area contributed by atoms with E-state index >= 15 is 0 Å². The number of rotatable bonds is 7. The van der Waals surface area contributed by atoms with Gasteiger partial charge in [0, 0.05) is 32.8 Å². The molecular formula is C18H37IN4O3. The summed E-state index contributed by atoms with van der Waals surface area (Å²) >= 11 is 0. The second-order valence-electron chi connectivity index (χ2n) is 7.59. The third-order valence-electron chi connectivity index (χ3n) is 3.56. The minimum atomic E-state index is -0.475. The lowest BCUT2D eigenvalue weighted by Gasteiger charge is -2.23. The van der Waals surface area contributed by atoms with Gasteiger partial charge in [-0.1, -0.05) is 0 Å². The molecule has 0 aromatic rings. The van der Waals surface area contributed by atoms with E-state index in [1.807, 2.05) is 34.6 Å². The number of hydrogen-bond acceptors (Lipinski definition) is 4. The van der Waals surface area contributed by atoms with Crippen molar-refractivity contribution in [2.24, 2.45) is 4.99 Å². The molecule has 1 amide bonds. The van der Waals surface area contributed by atoms with Crippen molar-refractivity contribution in [1.29, 1.82) is 0 Å². The van der Waals surface area contributed by atoms with Crippen molar-refractivity contribution in [3.05, 3.63) is 0 Å². The summed E-state index contributed by atoms with van der Waals surface area (Å²) in [4.78, 5) is 18.8. The smallest absolute Gasteiger partial charge is 0.407 e. The first-order valence-electron chi connectivity index (χ1n) is 9.35. The minimum absolute atomic E-state index is 0. The number of carbonyl (C=O) groups excluding carboxylic acids is 1. The van der Waals surface area contributed by atoms with Crippen molar-refractivity contribution in [2.45, 2.75) is 72.1 Å². The van der Waals surface area contributed by atoms with Crippen molar-refractivity contribution in [1.82, 2.24) is 15.5 Å². The maximum Gasteiger partial charge on any atom is 0.407 e. The number of hydrogen-bond donors (Lipinski definition) is 2. The van der Waals surface area contributed by atoms with E-state index in [-0.39, 0.29) is 42.2 Å². The van der Waals surface area contributed by atoms with Crippen LogP contribution in [0.1, 0.15) is 54.4 Å². The molecule has 1 fully saturated rings. The number of guanidine groups is 1. The lowest BCUT2D eigenvalue weighted by Crippen LogP contribution is -2.44. The van der Waals surface area contributed by atoms with Crippen LogP contribution < -0.4 is 10.6 Å². The fourth-order valence-electron chi connectivity index (χ4n) is 2.54. The largest absolute Gasteiger partial charge is 0.444 e. The van der Waals surface area contributed by atoms with E-state index in [0.29, 0.717) is 0 Å². The molecule has 0 spiro atoms. The highest BCUT2D eigenvalue weighted by atomic mass is 127. The third-order valence-corrected chi connectivity index (χ3v) is 3.56. The molecule has 1 unspecified atom stereocenters. The Bertz CT molecular complexity index is 439. The molecule has 0 aromatic carbocycles. The van der Waals surface area contributed by atoms with Gasteiger partial charge in [-0.05, 0) is 54.4 Å². The zero-order valence-corrected chi connectivity index (χ0v) is 19.5. The number of halogens is 1. The van der Waals surface area contributed by atoms with Crippen LogP contribution in [-0.4, -0.2) is 67.5 Å². The van der Waals surface area contributed by atoms with E-state index in [0.717, 1.165) is 51.6 Å². The van der Waals surface area contributed by atoms with Gasteiger partial charge in [-0.3, -0.25) is 4.99 Å². The Kier molecular flexibility index (Phi) is 12.2. The number of aliphatic imine (C=N–C) groups is 1. The number of nitrogens with zero attached hydrogens (tertiary/aromatic N) is 2. The number of ether oxygens (including phenoxy) is 2. The van der Waals surface area contributed by atoms with Gasteiger partial charge in [-0.25, -0.2) is 4.79 Å². The molecule has 1 rings (SSSR count). The molecule has 1 heterocycles. The molecule has 26 heavy (non-hydrogen) atoms. The number of alkyl carbamates (subject to hydrolysis) is 1. The van der Waals surface area contributed by atoms with E-state index in [2.05, 4.69) is 27.4 Å². The highest BCUT2D eigenvalue weighted by Crippen LogP contribution is 2.12. The molecule has 1 aliphatic heterocycles. The molecule has 0 saturated carbocycles. The van der Waals surface area contributed by atoms with Crippen LogP contribution in [0.15, 0.2) is 4.99 Å². The van der Waals surface area contributed by atoms with Crippen LogP contribution in [0.25, 0.3) is 0 Å². The molecule has 1 atom stereocenters. The van der Waals surface area contributed by atoms with Gasteiger partial charge in [-0.15, -0.1) is 24.0 Å².